The highest BCUT2D eigenvalue weighted by atomic mass is 16.2. The molecule has 0 saturated carbocycles. The zero-order chi connectivity index (χ0) is 18.7. The van der Waals surface area contributed by atoms with Gasteiger partial charge in [0.05, 0.1) is 0 Å². The van der Waals surface area contributed by atoms with Gasteiger partial charge < -0.3 is 10.3 Å². The maximum Gasteiger partial charge on any atom is 0.270 e. The van der Waals surface area contributed by atoms with E-state index in [1.807, 2.05) is 51.2 Å². The Balaban J connectivity index is 1.70. The summed E-state index contributed by atoms with van der Waals surface area (Å²) in [6.07, 6.45) is 4.09. The predicted octanol–water partition coefficient (Wildman–Crippen LogP) is 3.45. The Morgan fingerprint density at radius 3 is 2.65 bits per heavy atom. The number of carbonyl (C=O) groups is 2. The molecule has 134 valence electrons. The SMILES string of the molecule is CC(C)(C)NC(=O)c1cc(CC(=O)Cc2c[nH]c3ccccc23)ccn1. The summed E-state index contributed by atoms with van der Waals surface area (Å²) < 4.78 is 0. The smallest absolute Gasteiger partial charge is 0.270 e. The third-order valence-electron chi connectivity index (χ3n) is 4.01. The van der Waals surface area contributed by atoms with Crippen LogP contribution in [0.1, 0.15) is 42.4 Å². The van der Waals surface area contributed by atoms with Crippen molar-refractivity contribution in [3.8, 4) is 0 Å². The highest BCUT2D eigenvalue weighted by molar-refractivity contribution is 5.94. The van der Waals surface area contributed by atoms with Gasteiger partial charge in [-0.2, -0.15) is 0 Å². The van der Waals surface area contributed by atoms with Crippen LogP contribution in [-0.2, 0) is 17.6 Å². The lowest BCUT2D eigenvalue weighted by molar-refractivity contribution is -0.117. The molecular formula is C21H23N3O2. The molecule has 2 N–H and O–H groups in total. The average Bonchev–Trinajstić information content (AvgIpc) is 2.96. The Morgan fingerprint density at radius 2 is 1.88 bits per heavy atom. The number of para-hydroxylation sites is 1. The van der Waals surface area contributed by atoms with Crippen molar-refractivity contribution in [3.05, 3.63) is 65.6 Å². The monoisotopic (exact) mass is 349 g/mol. The molecule has 2 aromatic heterocycles. The van der Waals surface area contributed by atoms with Gasteiger partial charge in [0, 0.05) is 41.7 Å². The van der Waals surface area contributed by atoms with Crippen LogP contribution in [0.5, 0.6) is 0 Å². The molecule has 0 unspecified atom stereocenters. The lowest BCUT2D eigenvalue weighted by atomic mass is 10.0. The molecule has 0 aliphatic carbocycles. The summed E-state index contributed by atoms with van der Waals surface area (Å²) >= 11 is 0. The van der Waals surface area contributed by atoms with Gasteiger partial charge in [-0.05, 0) is 50.1 Å². The van der Waals surface area contributed by atoms with Crippen molar-refractivity contribution in [2.45, 2.75) is 39.2 Å². The van der Waals surface area contributed by atoms with Crippen molar-refractivity contribution in [1.82, 2.24) is 15.3 Å². The van der Waals surface area contributed by atoms with Crippen LogP contribution in [0.2, 0.25) is 0 Å². The van der Waals surface area contributed by atoms with Crippen LogP contribution in [0.15, 0.2) is 48.8 Å². The summed E-state index contributed by atoms with van der Waals surface area (Å²) in [5.74, 6) is -0.133. The van der Waals surface area contributed by atoms with Crippen molar-refractivity contribution in [2.75, 3.05) is 0 Å². The summed E-state index contributed by atoms with van der Waals surface area (Å²) in [4.78, 5) is 32.0. The van der Waals surface area contributed by atoms with Gasteiger partial charge in [0.15, 0.2) is 0 Å². The van der Waals surface area contributed by atoms with Gasteiger partial charge in [0.2, 0.25) is 0 Å². The minimum Gasteiger partial charge on any atom is -0.361 e. The van der Waals surface area contributed by atoms with E-state index in [-0.39, 0.29) is 23.7 Å². The minimum atomic E-state index is -0.333. The van der Waals surface area contributed by atoms with Gasteiger partial charge in [-0.3, -0.25) is 14.6 Å². The first kappa shape index (κ1) is 17.9. The first-order valence-electron chi connectivity index (χ1n) is 8.66. The largest absolute Gasteiger partial charge is 0.361 e. The van der Waals surface area contributed by atoms with Gasteiger partial charge in [0.1, 0.15) is 11.5 Å². The maximum absolute atomic E-state index is 12.5. The molecule has 2 heterocycles. The number of nitrogens with zero attached hydrogens (tertiary/aromatic N) is 1. The van der Waals surface area contributed by atoms with Crippen molar-refractivity contribution in [3.63, 3.8) is 0 Å². The lowest BCUT2D eigenvalue weighted by Gasteiger charge is -2.20. The number of nitrogens with one attached hydrogen (secondary N) is 2. The number of carbonyl (C=O) groups excluding carboxylic acids is 2. The average molecular weight is 349 g/mol. The standard InChI is InChI=1S/C21H23N3O2/c1-21(2,3)24-20(26)19-11-14(8-9-22-19)10-16(25)12-15-13-23-18-7-5-4-6-17(15)18/h4-9,11,13,23H,10,12H2,1-3H3,(H,24,26). The third-order valence-corrected chi connectivity index (χ3v) is 4.01. The van der Waals surface area contributed by atoms with Crippen LogP contribution < -0.4 is 5.32 Å². The van der Waals surface area contributed by atoms with Crippen molar-refractivity contribution in [1.29, 1.82) is 0 Å². The molecule has 3 aromatic rings. The van der Waals surface area contributed by atoms with Crippen molar-refractivity contribution >= 4 is 22.6 Å². The molecule has 5 heteroatoms. The molecule has 0 saturated heterocycles. The number of aromatic amines is 1. The number of ketones is 1. The Bertz CT molecular complexity index is 951. The van der Waals surface area contributed by atoms with Crippen LogP contribution in [0.4, 0.5) is 0 Å². The lowest BCUT2D eigenvalue weighted by Crippen LogP contribution is -2.40. The second-order valence-electron chi connectivity index (χ2n) is 7.51. The van der Waals surface area contributed by atoms with Crippen molar-refractivity contribution in [2.24, 2.45) is 0 Å². The molecule has 0 bridgehead atoms. The van der Waals surface area contributed by atoms with E-state index in [9.17, 15) is 9.59 Å². The summed E-state index contributed by atoms with van der Waals surface area (Å²) in [5.41, 5.74) is 2.81. The summed E-state index contributed by atoms with van der Waals surface area (Å²) in [6, 6.07) is 11.4. The number of amides is 1. The number of rotatable bonds is 5. The topological polar surface area (TPSA) is 74.8 Å². The molecule has 1 amide bonds. The molecule has 0 radical (unpaired) electrons. The molecule has 0 aliphatic heterocycles. The van der Waals surface area contributed by atoms with Crippen LogP contribution in [-0.4, -0.2) is 27.2 Å². The van der Waals surface area contributed by atoms with E-state index >= 15 is 0 Å². The molecule has 5 nitrogen and oxygen atoms in total. The summed E-state index contributed by atoms with van der Waals surface area (Å²) in [6.45, 7) is 5.75. The van der Waals surface area contributed by atoms with E-state index in [0.717, 1.165) is 22.0 Å². The van der Waals surface area contributed by atoms with Crippen LogP contribution >= 0.6 is 0 Å². The molecule has 3 rings (SSSR count). The Labute approximate surface area is 152 Å². The van der Waals surface area contributed by atoms with E-state index in [1.54, 1.807) is 18.3 Å². The highest BCUT2D eigenvalue weighted by Crippen LogP contribution is 2.19. The number of fused-ring (bicyclic) bond motifs is 1. The zero-order valence-electron chi connectivity index (χ0n) is 15.3. The third kappa shape index (κ3) is 4.36. The maximum atomic E-state index is 12.5. The van der Waals surface area contributed by atoms with Crippen molar-refractivity contribution < 1.29 is 9.59 Å². The molecule has 0 aliphatic rings. The molecule has 26 heavy (non-hydrogen) atoms. The van der Waals surface area contributed by atoms with E-state index in [0.29, 0.717) is 12.1 Å². The summed E-state index contributed by atoms with van der Waals surface area (Å²) in [5, 5.41) is 3.95. The zero-order valence-corrected chi connectivity index (χ0v) is 15.3. The van der Waals surface area contributed by atoms with E-state index in [2.05, 4.69) is 15.3 Å². The Kier molecular flexibility index (Phi) is 4.89. The fourth-order valence-electron chi connectivity index (χ4n) is 2.89. The van der Waals surface area contributed by atoms with E-state index in [1.165, 1.54) is 0 Å². The van der Waals surface area contributed by atoms with Gasteiger partial charge in [-0.25, -0.2) is 0 Å². The normalized spacial score (nSPS) is 11.5. The fourth-order valence-corrected chi connectivity index (χ4v) is 2.89. The Morgan fingerprint density at radius 1 is 1.12 bits per heavy atom. The molecule has 0 fully saturated rings. The van der Waals surface area contributed by atoms with Gasteiger partial charge >= 0.3 is 0 Å². The summed E-state index contributed by atoms with van der Waals surface area (Å²) in [7, 11) is 0. The second-order valence-corrected chi connectivity index (χ2v) is 7.51. The second kappa shape index (κ2) is 7.12. The molecular weight excluding hydrogens is 326 g/mol. The van der Waals surface area contributed by atoms with Gasteiger partial charge in [-0.1, -0.05) is 18.2 Å². The van der Waals surface area contributed by atoms with E-state index in [4.69, 9.17) is 0 Å². The number of hydrogen-bond acceptors (Lipinski definition) is 3. The van der Waals surface area contributed by atoms with Crippen LogP contribution in [0, 0.1) is 0 Å². The minimum absolute atomic E-state index is 0.100. The number of aromatic nitrogens is 2. The molecule has 0 atom stereocenters. The number of pyridine rings is 1. The van der Waals surface area contributed by atoms with Gasteiger partial charge in [0.25, 0.3) is 5.91 Å². The Hall–Kier alpha value is -2.95. The number of Topliss-reactive ketones (excluding diaryl/α,β-unsaturated/α-hetero) is 1. The predicted molar refractivity (Wildman–Crippen MR) is 102 cm³/mol. The number of benzene rings is 1. The number of hydrogen-bond donors (Lipinski definition) is 2. The fraction of sp³-hybridized carbons (Fsp3) is 0.286. The van der Waals surface area contributed by atoms with E-state index < -0.39 is 0 Å². The first-order valence-corrected chi connectivity index (χ1v) is 8.66. The first-order chi connectivity index (χ1) is 12.3. The quantitative estimate of drug-likeness (QED) is 0.741. The highest BCUT2D eigenvalue weighted by Gasteiger charge is 2.17. The van der Waals surface area contributed by atoms with Crippen LogP contribution in [0.25, 0.3) is 10.9 Å². The number of H-pyrrole nitrogens is 1. The molecule has 1 aromatic carbocycles. The van der Waals surface area contributed by atoms with Crippen LogP contribution in [0.3, 0.4) is 0 Å². The molecule has 0 spiro atoms. The van der Waals surface area contributed by atoms with Gasteiger partial charge in [-0.15, -0.1) is 0 Å².